The van der Waals surface area contributed by atoms with Crippen LogP contribution in [0.2, 0.25) is 0 Å². The van der Waals surface area contributed by atoms with Crippen LogP contribution in [0.5, 0.6) is 0 Å². The van der Waals surface area contributed by atoms with E-state index in [1.165, 1.54) is 6.20 Å². The zero-order valence-corrected chi connectivity index (χ0v) is 16.2. The maximum atomic E-state index is 12.9. The molecule has 3 rings (SSSR count). The Labute approximate surface area is 164 Å². The van der Waals surface area contributed by atoms with Crippen LogP contribution in [0.25, 0.3) is 16.5 Å². The van der Waals surface area contributed by atoms with Crippen LogP contribution in [0.3, 0.4) is 0 Å². The number of carbonyl (C=O) groups excluding carboxylic acids is 1. The number of halogens is 3. The Morgan fingerprint density at radius 1 is 1.39 bits per heavy atom. The smallest absolute Gasteiger partial charge is 0.392 e. The molecule has 1 amide bonds. The number of rotatable bonds is 5. The first kappa shape index (κ1) is 20.7. The second-order valence-electron chi connectivity index (χ2n) is 6.88. The first-order valence-electron chi connectivity index (χ1n) is 8.99. The lowest BCUT2D eigenvalue weighted by atomic mass is 9.85. The van der Waals surface area contributed by atoms with Crippen molar-refractivity contribution in [3.8, 4) is 0 Å². The summed E-state index contributed by atoms with van der Waals surface area (Å²) >= 11 is -0.982. The predicted octanol–water partition coefficient (Wildman–Crippen LogP) is 4.09. The highest BCUT2D eigenvalue weighted by molar-refractivity contribution is 7.90. The number of para-hydroxylation sites is 1. The van der Waals surface area contributed by atoms with Crippen LogP contribution < -0.4 is 5.32 Å². The van der Waals surface area contributed by atoms with Gasteiger partial charge in [-0.15, -0.1) is 0 Å². The molecule has 0 fully saturated rings. The third-order valence-corrected chi connectivity index (χ3v) is 5.65. The van der Waals surface area contributed by atoms with E-state index in [9.17, 15) is 22.5 Å². The minimum absolute atomic E-state index is 0.0193. The fraction of sp³-hybridized carbons (Fsp3) is 0.400. The molecule has 0 saturated heterocycles. The van der Waals surface area contributed by atoms with Gasteiger partial charge in [-0.25, -0.2) is 0 Å². The van der Waals surface area contributed by atoms with Crippen molar-refractivity contribution < 1.29 is 22.5 Å². The van der Waals surface area contributed by atoms with Gasteiger partial charge in [0.1, 0.15) is 5.75 Å². The Hall–Kier alpha value is -2.06. The fourth-order valence-corrected chi connectivity index (χ4v) is 3.72. The fourth-order valence-electron chi connectivity index (χ4n) is 3.33. The Bertz CT molecular complexity index is 897. The molecular formula is C20H21F3N2O2S. The topological polar surface area (TPSA) is 65.0 Å². The van der Waals surface area contributed by atoms with Gasteiger partial charge in [0.05, 0.1) is 29.8 Å². The Kier molecular flexibility index (Phi) is 6.30. The van der Waals surface area contributed by atoms with Gasteiger partial charge in [0, 0.05) is 17.1 Å². The van der Waals surface area contributed by atoms with E-state index in [1.54, 1.807) is 18.4 Å². The monoisotopic (exact) mass is 410 g/mol. The third kappa shape index (κ3) is 4.86. The summed E-state index contributed by atoms with van der Waals surface area (Å²) in [5.74, 6) is -1.20. The van der Waals surface area contributed by atoms with E-state index in [1.807, 2.05) is 18.2 Å². The van der Waals surface area contributed by atoms with E-state index in [0.717, 1.165) is 16.5 Å². The van der Waals surface area contributed by atoms with E-state index in [4.69, 9.17) is 0 Å². The van der Waals surface area contributed by atoms with Gasteiger partial charge >= 0.3 is 6.18 Å². The summed E-state index contributed by atoms with van der Waals surface area (Å²) in [6.45, 7) is 0.313. The van der Waals surface area contributed by atoms with Crippen LogP contribution in [0.15, 0.2) is 36.5 Å². The van der Waals surface area contributed by atoms with E-state index >= 15 is 0 Å². The molecule has 1 heterocycles. The quantitative estimate of drug-likeness (QED) is 0.755. The number of allylic oxidation sites excluding steroid dienone is 2. The number of alkyl halides is 3. The van der Waals surface area contributed by atoms with Crippen LogP contribution in [0.1, 0.15) is 35.2 Å². The molecule has 0 saturated carbocycles. The highest BCUT2D eigenvalue weighted by Crippen LogP contribution is 2.40. The number of aromatic nitrogens is 1. The van der Waals surface area contributed by atoms with Crippen molar-refractivity contribution in [3.05, 3.63) is 47.7 Å². The number of fused-ring (bicyclic) bond motifs is 1. The molecule has 1 aliphatic rings. The van der Waals surface area contributed by atoms with Crippen molar-refractivity contribution in [1.82, 2.24) is 10.3 Å². The van der Waals surface area contributed by atoms with Gasteiger partial charge in [-0.2, -0.15) is 13.2 Å². The van der Waals surface area contributed by atoms with Gasteiger partial charge in [0.15, 0.2) is 0 Å². The molecule has 0 spiro atoms. The van der Waals surface area contributed by atoms with Crippen LogP contribution in [-0.2, 0) is 11.2 Å². The van der Waals surface area contributed by atoms with Gasteiger partial charge < -0.3 is 9.87 Å². The Morgan fingerprint density at radius 3 is 2.82 bits per heavy atom. The largest absolute Gasteiger partial charge is 0.617 e. The number of amides is 1. The lowest BCUT2D eigenvalue weighted by molar-refractivity contribution is -0.175. The first-order chi connectivity index (χ1) is 13.3. The number of benzene rings is 1. The zero-order chi connectivity index (χ0) is 20.3. The van der Waals surface area contributed by atoms with Gasteiger partial charge in [0.2, 0.25) is 0 Å². The van der Waals surface area contributed by atoms with E-state index < -0.39 is 23.3 Å². The number of nitrogens with one attached hydrogen (secondary N) is 1. The molecule has 2 atom stereocenters. The molecule has 2 aromatic rings. The van der Waals surface area contributed by atoms with E-state index in [0.29, 0.717) is 29.8 Å². The van der Waals surface area contributed by atoms with Crippen LogP contribution in [0.4, 0.5) is 13.2 Å². The maximum absolute atomic E-state index is 12.9. The number of carbonyl (C=O) groups is 1. The molecule has 8 heteroatoms. The first-order valence-corrected chi connectivity index (χ1v) is 10.7. The zero-order valence-electron chi connectivity index (χ0n) is 15.4. The second kappa shape index (κ2) is 8.53. The minimum Gasteiger partial charge on any atom is -0.617 e. The molecule has 4 nitrogen and oxygen atoms in total. The summed E-state index contributed by atoms with van der Waals surface area (Å²) < 4.78 is 49.7. The standard InChI is InChI=1S/C20H21F3N2O2S/c1-28(27)10-9-24-19(26)15-11-14-3-2-4-17(18(14)25-12-15)13-5-7-16(8-6-13)20(21,22)23/h2-5,11-12,16H,6-10H2,1H3,(H,24,26)/t16-,28?/m1/s1. The maximum Gasteiger partial charge on any atom is 0.392 e. The lowest BCUT2D eigenvalue weighted by Crippen LogP contribution is -2.28. The van der Waals surface area contributed by atoms with Crippen molar-refractivity contribution in [2.75, 3.05) is 18.6 Å². The van der Waals surface area contributed by atoms with Crippen LogP contribution in [0, 0.1) is 5.92 Å². The average Bonchev–Trinajstić information content (AvgIpc) is 2.66. The SMILES string of the molecule is C[S+]([O-])CCNC(=O)c1cnc2c(C3=CC[C@@H](C(F)(F)F)CC3)cccc2c1. The van der Waals surface area contributed by atoms with Crippen molar-refractivity contribution in [2.24, 2.45) is 5.92 Å². The second-order valence-corrected chi connectivity index (χ2v) is 8.43. The molecule has 28 heavy (non-hydrogen) atoms. The van der Waals surface area contributed by atoms with Crippen LogP contribution in [-0.4, -0.2) is 40.2 Å². The molecule has 150 valence electrons. The van der Waals surface area contributed by atoms with Crippen molar-refractivity contribution >= 4 is 33.6 Å². The predicted molar refractivity (Wildman–Crippen MR) is 104 cm³/mol. The molecule has 1 aliphatic carbocycles. The van der Waals surface area contributed by atoms with Gasteiger partial charge in [0.25, 0.3) is 5.91 Å². The minimum atomic E-state index is -4.16. The Morgan fingerprint density at radius 2 is 2.18 bits per heavy atom. The lowest BCUT2D eigenvalue weighted by Gasteiger charge is -2.24. The van der Waals surface area contributed by atoms with Gasteiger partial charge in [-0.05, 0) is 30.9 Å². The third-order valence-electron chi connectivity index (χ3n) is 4.87. The summed E-state index contributed by atoms with van der Waals surface area (Å²) in [4.78, 5) is 16.6. The highest BCUT2D eigenvalue weighted by atomic mass is 32.2. The number of hydrogen-bond acceptors (Lipinski definition) is 3. The summed E-state index contributed by atoms with van der Waals surface area (Å²) in [7, 11) is 0. The normalized spacial score (nSPS) is 18.6. The van der Waals surface area contributed by atoms with Gasteiger partial charge in [-0.3, -0.25) is 9.78 Å². The molecule has 0 radical (unpaired) electrons. The number of pyridine rings is 1. The number of hydrogen-bond donors (Lipinski definition) is 1. The van der Waals surface area contributed by atoms with E-state index in [-0.39, 0.29) is 18.7 Å². The number of nitrogens with zero attached hydrogens (tertiary/aromatic N) is 1. The summed E-state index contributed by atoms with van der Waals surface area (Å²) in [5.41, 5.74) is 2.74. The van der Waals surface area contributed by atoms with E-state index in [2.05, 4.69) is 10.3 Å². The molecule has 1 unspecified atom stereocenters. The summed E-state index contributed by atoms with van der Waals surface area (Å²) in [6, 6.07) is 7.21. The van der Waals surface area contributed by atoms with Crippen molar-refractivity contribution in [3.63, 3.8) is 0 Å². The van der Waals surface area contributed by atoms with Crippen molar-refractivity contribution in [1.29, 1.82) is 0 Å². The summed E-state index contributed by atoms with van der Waals surface area (Å²) in [5, 5.41) is 3.45. The molecular weight excluding hydrogens is 389 g/mol. The molecule has 0 bridgehead atoms. The molecule has 1 aromatic carbocycles. The van der Waals surface area contributed by atoms with Crippen LogP contribution >= 0.6 is 0 Å². The summed E-state index contributed by atoms with van der Waals surface area (Å²) in [6.07, 6.45) is 0.935. The molecule has 1 aromatic heterocycles. The molecule has 0 aliphatic heterocycles. The highest BCUT2D eigenvalue weighted by Gasteiger charge is 2.39. The van der Waals surface area contributed by atoms with Crippen molar-refractivity contribution in [2.45, 2.75) is 25.4 Å². The van der Waals surface area contributed by atoms with Gasteiger partial charge in [-0.1, -0.05) is 35.5 Å². The molecule has 1 N–H and O–H groups in total. The average molecular weight is 410 g/mol. The Balaban J connectivity index is 1.81.